The first-order valence-electron chi connectivity index (χ1n) is 7.79. The highest BCUT2D eigenvalue weighted by molar-refractivity contribution is 9.10. The Morgan fingerprint density at radius 3 is 2.60 bits per heavy atom. The second-order valence-corrected chi connectivity index (χ2v) is 6.15. The molecule has 134 valence electrons. The standard InChI is InChI=1S/C18H21BrN2O4/c1-24-17-10-13(11-20-8-9-22)2-7-16(17)25-12-18(23)21-15-5-3-14(19)4-6-15/h2-7,10,20,22H,8-9,11-12H2,1H3,(H,21,23). The minimum Gasteiger partial charge on any atom is -0.493 e. The smallest absolute Gasteiger partial charge is 0.262 e. The van der Waals surface area contributed by atoms with Crippen LogP contribution in [0.25, 0.3) is 0 Å². The van der Waals surface area contributed by atoms with Gasteiger partial charge < -0.3 is 25.2 Å². The molecule has 0 bridgehead atoms. The van der Waals surface area contributed by atoms with Crippen molar-refractivity contribution in [2.24, 2.45) is 0 Å². The second-order valence-electron chi connectivity index (χ2n) is 5.23. The summed E-state index contributed by atoms with van der Waals surface area (Å²) in [5.41, 5.74) is 1.70. The van der Waals surface area contributed by atoms with E-state index in [4.69, 9.17) is 14.6 Å². The molecule has 3 N–H and O–H groups in total. The molecule has 6 nitrogen and oxygen atoms in total. The summed E-state index contributed by atoms with van der Waals surface area (Å²) in [4.78, 5) is 12.0. The molecule has 2 aromatic carbocycles. The van der Waals surface area contributed by atoms with Crippen LogP contribution < -0.4 is 20.1 Å². The maximum Gasteiger partial charge on any atom is 0.262 e. The van der Waals surface area contributed by atoms with Crippen LogP contribution in [0.1, 0.15) is 5.56 Å². The largest absolute Gasteiger partial charge is 0.493 e. The molecule has 0 saturated carbocycles. The topological polar surface area (TPSA) is 79.8 Å². The molecule has 1 amide bonds. The van der Waals surface area contributed by atoms with Crippen molar-refractivity contribution >= 4 is 27.5 Å². The predicted molar refractivity (Wildman–Crippen MR) is 100 cm³/mol. The fourth-order valence-corrected chi connectivity index (χ4v) is 2.39. The highest BCUT2D eigenvalue weighted by atomic mass is 79.9. The molecule has 2 aromatic rings. The molecule has 7 heteroatoms. The lowest BCUT2D eigenvalue weighted by Crippen LogP contribution is -2.20. The van der Waals surface area contributed by atoms with Gasteiger partial charge in [0.05, 0.1) is 13.7 Å². The fourth-order valence-electron chi connectivity index (χ4n) is 2.13. The highest BCUT2D eigenvalue weighted by Crippen LogP contribution is 2.28. The minimum absolute atomic E-state index is 0.0891. The fraction of sp³-hybridized carbons (Fsp3) is 0.278. The van der Waals surface area contributed by atoms with Gasteiger partial charge in [0.2, 0.25) is 0 Å². The van der Waals surface area contributed by atoms with Crippen molar-refractivity contribution in [2.45, 2.75) is 6.54 Å². The van der Waals surface area contributed by atoms with Crippen molar-refractivity contribution in [3.63, 3.8) is 0 Å². The first kappa shape index (κ1) is 19.2. The van der Waals surface area contributed by atoms with Gasteiger partial charge in [-0.2, -0.15) is 0 Å². The molecule has 0 spiro atoms. The lowest BCUT2D eigenvalue weighted by Gasteiger charge is -2.12. The molecule has 2 rings (SSSR count). The molecule has 0 radical (unpaired) electrons. The minimum atomic E-state index is -0.252. The molecule has 0 atom stereocenters. The Labute approximate surface area is 155 Å². The summed E-state index contributed by atoms with van der Waals surface area (Å²) in [5.74, 6) is 0.803. The number of nitrogens with one attached hydrogen (secondary N) is 2. The van der Waals surface area contributed by atoms with E-state index in [-0.39, 0.29) is 19.1 Å². The van der Waals surface area contributed by atoms with Gasteiger partial charge in [-0.1, -0.05) is 22.0 Å². The van der Waals surface area contributed by atoms with Crippen molar-refractivity contribution in [3.8, 4) is 11.5 Å². The van der Waals surface area contributed by atoms with Crippen LogP contribution >= 0.6 is 15.9 Å². The Morgan fingerprint density at radius 2 is 1.92 bits per heavy atom. The van der Waals surface area contributed by atoms with Gasteiger partial charge in [-0.05, 0) is 42.0 Å². The van der Waals surface area contributed by atoms with E-state index in [1.807, 2.05) is 24.3 Å². The number of rotatable bonds is 9. The van der Waals surface area contributed by atoms with Crippen molar-refractivity contribution in [2.75, 3.05) is 32.2 Å². The van der Waals surface area contributed by atoms with Crippen LogP contribution in [0, 0.1) is 0 Å². The first-order valence-corrected chi connectivity index (χ1v) is 8.58. The quantitative estimate of drug-likeness (QED) is 0.555. The predicted octanol–water partition coefficient (Wildman–Crippen LogP) is 2.56. The Bertz CT molecular complexity index is 692. The van der Waals surface area contributed by atoms with E-state index in [1.165, 1.54) is 0 Å². The van der Waals surface area contributed by atoms with Gasteiger partial charge in [-0.25, -0.2) is 0 Å². The summed E-state index contributed by atoms with van der Waals surface area (Å²) in [5, 5.41) is 14.6. The third kappa shape index (κ3) is 6.38. The highest BCUT2D eigenvalue weighted by Gasteiger charge is 2.09. The number of aliphatic hydroxyl groups excluding tert-OH is 1. The maximum atomic E-state index is 12.0. The van der Waals surface area contributed by atoms with E-state index in [0.29, 0.717) is 30.3 Å². The number of hydrogen-bond acceptors (Lipinski definition) is 5. The van der Waals surface area contributed by atoms with E-state index >= 15 is 0 Å². The van der Waals surface area contributed by atoms with Gasteiger partial charge in [0, 0.05) is 23.2 Å². The Kier molecular flexibility index (Phi) is 7.72. The van der Waals surface area contributed by atoms with Crippen molar-refractivity contribution in [3.05, 3.63) is 52.5 Å². The molecule has 0 aliphatic carbocycles. The number of aliphatic hydroxyl groups is 1. The SMILES string of the molecule is COc1cc(CNCCO)ccc1OCC(=O)Nc1ccc(Br)cc1. The van der Waals surface area contributed by atoms with Crippen LogP contribution in [-0.4, -0.2) is 37.9 Å². The Morgan fingerprint density at radius 1 is 1.16 bits per heavy atom. The van der Waals surface area contributed by atoms with Crippen LogP contribution in [0.4, 0.5) is 5.69 Å². The molecular weight excluding hydrogens is 388 g/mol. The van der Waals surface area contributed by atoms with Crippen LogP contribution in [0.3, 0.4) is 0 Å². The average molecular weight is 409 g/mol. The van der Waals surface area contributed by atoms with Crippen molar-refractivity contribution in [1.82, 2.24) is 5.32 Å². The number of hydrogen-bond donors (Lipinski definition) is 3. The molecule has 0 aliphatic rings. The monoisotopic (exact) mass is 408 g/mol. The van der Waals surface area contributed by atoms with Gasteiger partial charge >= 0.3 is 0 Å². The van der Waals surface area contributed by atoms with Gasteiger partial charge in [0.1, 0.15) is 0 Å². The van der Waals surface area contributed by atoms with Crippen molar-refractivity contribution in [1.29, 1.82) is 0 Å². The Balaban J connectivity index is 1.90. The Hall–Kier alpha value is -2.09. The van der Waals surface area contributed by atoms with E-state index in [2.05, 4.69) is 26.6 Å². The van der Waals surface area contributed by atoms with Crippen LogP contribution in [0.2, 0.25) is 0 Å². The summed E-state index contributed by atoms with van der Waals surface area (Å²) in [6.45, 7) is 1.11. The normalized spacial score (nSPS) is 10.4. The average Bonchev–Trinajstić information content (AvgIpc) is 2.62. The van der Waals surface area contributed by atoms with E-state index in [1.54, 1.807) is 25.3 Å². The lowest BCUT2D eigenvalue weighted by molar-refractivity contribution is -0.118. The number of carbonyl (C=O) groups is 1. The molecule has 0 unspecified atom stereocenters. The number of carbonyl (C=O) groups excluding carboxylic acids is 1. The summed E-state index contributed by atoms with van der Waals surface area (Å²) in [6, 6.07) is 12.8. The summed E-state index contributed by atoms with van der Waals surface area (Å²) in [6.07, 6.45) is 0. The lowest BCUT2D eigenvalue weighted by atomic mass is 10.2. The van der Waals surface area contributed by atoms with Crippen LogP contribution in [0.5, 0.6) is 11.5 Å². The summed E-state index contributed by atoms with van der Waals surface area (Å²) in [7, 11) is 1.55. The zero-order valence-corrected chi connectivity index (χ0v) is 15.5. The number of methoxy groups -OCH3 is 1. The molecular formula is C18H21BrN2O4. The zero-order chi connectivity index (χ0) is 18.1. The van der Waals surface area contributed by atoms with Gasteiger partial charge in [0.25, 0.3) is 5.91 Å². The first-order chi connectivity index (χ1) is 12.1. The number of ether oxygens (including phenoxy) is 2. The maximum absolute atomic E-state index is 12.0. The third-order valence-corrected chi connectivity index (χ3v) is 3.86. The van der Waals surface area contributed by atoms with Gasteiger partial charge in [-0.3, -0.25) is 4.79 Å². The van der Waals surface area contributed by atoms with E-state index < -0.39 is 0 Å². The molecule has 0 aromatic heterocycles. The van der Waals surface area contributed by atoms with Crippen molar-refractivity contribution < 1.29 is 19.4 Å². The second kappa shape index (κ2) is 10.0. The van der Waals surface area contributed by atoms with Gasteiger partial charge in [-0.15, -0.1) is 0 Å². The molecule has 0 fully saturated rings. The number of benzene rings is 2. The molecule has 25 heavy (non-hydrogen) atoms. The van der Waals surface area contributed by atoms with E-state index in [9.17, 15) is 4.79 Å². The van der Waals surface area contributed by atoms with E-state index in [0.717, 1.165) is 10.0 Å². The summed E-state index contributed by atoms with van der Waals surface area (Å²) >= 11 is 3.35. The number of halogens is 1. The summed E-state index contributed by atoms with van der Waals surface area (Å²) < 4.78 is 11.8. The molecule has 0 saturated heterocycles. The number of amides is 1. The number of anilines is 1. The third-order valence-electron chi connectivity index (χ3n) is 3.33. The van der Waals surface area contributed by atoms with Crippen LogP contribution in [0.15, 0.2) is 46.9 Å². The molecule has 0 heterocycles. The van der Waals surface area contributed by atoms with Crippen LogP contribution in [-0.2, 0) is 11.3 Å². The van der Waals surface area contributed by atoms with Gasteiger partial charge in [0.15, 0.2) is 18.1 Å². The zero-order valence-electron chi connectivity index (χ0n) is 13.9. The molecule has 0 aliphatic heterocycles.